The maximum atomic E-state index is 11.2. The van der Waals surface area contributed by atoms with Crippen LogP contribution in [0.5, 0.6) is 0 Å². The maximum absolute atomic E-state index is 11.2. The van der Waals surface area contributed by atoms with Crippen LogP contribution in [0, 0.1) is 0 Å². The summed E-state index contributed by atoms with van der Waals surface area (Å²) in [6.07, 6.45) is 2.35. The highest BCUT2D eigenvalue weighted by Gasteiger charge is 2.04. The van der Waals surface area contributed by atoms with Crippen molar-refractivity contribution in [2.75, 3.05) is 6.54 Å². The molecule has 0 saturated heterocycles. The molecule has 2 N–H and O–H groups in total. The van der Waals surface area contributed by atoms with Crippen LogP contribution < -0.4 is 5.32 Å². The number of aromatic nitrogens is 2. The zero-order valence-corrected chi connectivity index (χ0v) is 8.68. The highest BCUT2D eigenvalue weighted by Crippen LogP contribution is 1.95. The molecule has 0 atom stereocenters. The van der Waals surface area contributed by atoms with Gasteiger partial charge >= 0.3 is 5.97 Å². The summed E-state index contributed by atoms with van der Waals surface area (Å²) in [7, 11) is 0. The Labute approximate surface area is 91.8 Å². The van der Waals surface area contributed by atoms with Crippen molar-refractivity contribution in [3.05, 3.63) is 12.2 Å². The van der Waals surface area contributed by atoms with Gasteiger partial charge in [0.1, 0.15) is 0 Å². The molecule has 0 aliphatic rings. The Morgan fingerprint density at radius 3 is 2.88 bits per heavy atom. The Bertz CT molecular complexity index is 337. The first-order valence-electron chi connectivity index (χ1n) is 4.92. The maximum Gasteiger partial charge on any atom is 0.303 e. The molecule has 0 saturated carbocycles. The molecule has 1 aromatic heterocycles. The van der Waals surface area contributed by atoms with E-state index in [1.54, 1.807) is 0 Å². The number of rotatable bonds is 7. The Kier molecular flexibility index (Phi) is 4.97. The molecule has 0 radical (unpaired) electrons. The van der Waals surface area contributed by atoms with Crippen LogP contribution in [0.2, 0.25) is 0 Å². The number of hydrogen-bond donors (Lipinski definition) is 2. The van der Waals surface area contributed by atoms with Gasteiger partial charge in [0, 0.05) is 25.8 Å². The fraction of sp³-hybridized carbons (Fsp3) is 0.556. The molecule has 1 aromatic rings. The normalized spacial score (nSPS) is 10.0. The number of nitrogens with one attached hydrogen (secondary N) is 1. The summed E-state index contributed by atoms with van der Waals surface area (Å²) in [5, 5.41) is 14.4. The molecule has 0 unspecified atom stereocenters. The minimum atomic E-state index is -0.890. The second-order valence-corrected chi connectivity index (χ2v) is 3.18. The lowest BCUT2D eigenvalue weighted by molar-refractivity contribution is -0.137. The van der Waals surface area contributed by atoms with Gasteiger partial charge < -0.3 is 14.9 Å². The van der Waals surface area contributed by atoms with Crippen LogP contribution in [-0.2, 0) is 16.0 Å². The Morgan fingerprint density at radius 2 is 2.25 bits per heavy atom. The van der Waals surface area contributed by atoms with Crippen molar-refractivity contribution >= 4 is 11.9 Å². The molecule has 0 aliphatic heterocycles. The number of carbonyl (C=O) groups is 2. The van der Waals surface area contributed by atoms with E-state index in [1.165, 1.54) is 6.33 Å². The van der Waals surface area contributed by atoms with Crippen molar-refractivity contribution < 1.29 is 19.2 Å². The fourth-order valence-electron chi connectivity index (χ4n) is 1.10. The number of nitrogens with zero attached hydrogens (tertiary/aromatic N) is 2. The summed E-state index contributed by atoms with van der Waals surface area (Å²) in [5.74, 6) is -0.592. The van der Waals surface area contributed by atoms with Gasteiger partial charge in [-0.25, -0.2) is 0 Å². The van der Waals surface area contributed by atoms with Gasteiger partial charge in [-0.05, 0) is 6.42 Å². The molecule has 0 aliphatic carbocycles. The van der Waals surface area contributed by atoms with E-state index in [9.17, 15) is 9.59 Å². The van der Waals surface area contributed by atoms with Crippen molar-refractivity contribution in [3.8, 4) is 0 Å². The summed E-state index contributed by atoms with van der Waals surface area (Å²) in [6, 6.07) is 0. The second kappa shape index (κ2) is 6.54. The van der Waals surface area contributed by atoms with E-state index in [0.717, 1.165) is 0 Å². The Morgan fingerprint density at radius 1 is 1.44 bits per heavy atom. The number of carboxylic acid groups (broad SMARTS) is 1. The molecule has 7 heteroatoms. The Hall–Kier alpha value is -1.92. The molecule has 1 heterocycles. The van der Waals surface area contributed by atoms with Crippen LogP contribution >= 0.6 is 0 Å². The highest BCUT2D eigenvalue weighted by atomic mass is 16.5. The molecule has 88 valence electrons. The molecule has 1 amide bonds. The average Bonchev–Trinajstić information content (AvgIpc) is 2.70. The minimum absolute atomic E-state index is 0.0110. The number of hydrogen-bond acceptors (Lipinski definition) is 5. The first-order valence-corrected chi connectivity index (χ1v) is 4.92. The van der Waals surface area contributed by atoms with E-state index < -0.39 is 5.97 Å². The molecule has 0 bridgehead atoms. The van der Waals surface area contributed by atoms with E-state index in [4.69, 9.17) is 9.63 Å². The predicted molar refractivity (Wildman–Crippen MR) is 52.5 cm³/mol. The third-order valence-electron chi connectivity index (χ3n) is 1.86. The van der Waals surface area contributed by atoms with Crippen molar-refractivity contribution in [3.63, 3.8) is 0 Å². The molecule has 0 spiro atoms. The van der Waals surface area contributed by atoms with Gasteiger partial charge in [-0.1, -0.05) is 5.16 Å². The van der Waals surface area contributed by atoms with E-state index in [1.807, 2.05) is 0 Å². The Balaban J connectivity index is 2.04. The molecule has 0 fully saturated rings. The number of carboxylic acids is 1. The van der Waals surface area contributed by atoms with Gasteiger partial charge in [-0.2, -0.15) is 4.98 Å². The van der Waals surface area contributed by atoms with E-state index in [2.05, 4.69) is 15.5 Å². The summed E-state index contributed by atoms with van der Waals surface area (Å²) >= 11 is 0. The number of aliphatic carboxylic acids is 1. The average molecular weight is 227 g/mol. The monoisotopic (exact) mass is 227 g/mol. The largest absolute Gasteiger partial charge is 0.481 e. The third-order valence-corrected chi connectivity index (χ3v) is 1.86. The smallest absolute Gasteiger partial charge is 0.303 e. The lowest BCUT2D eigenvalue weighted by atomic mass is 10.2. The molecule has 16 heavy (non-hydrogen) atoms. The van der Waals surface area contributed by atoms with Crippen molar-refractivity contribution in [2.45, 2.75) is 25.7 Å². The zero-order chi connectivity index (χ0) is 11.8. The minimum Gasteiger partial charge on any atom is -0.481 e. The first kappa shape index (κ1) is 12.2. The van der Waals surface area contributed by atoms with Crippen LogP contribution in [0.3, 0.4) is 0 Å². The van der Waals surface area contributed by atoms with Crippen molar-refractivity contribution in [2.24, 2.45) is 0 Å². The number of amides is 1. The van der Waals surface area contributed by atoms with Crippen LogP contribution in [0.15, 0.2) is 10.9 Å². The van der Waals surface area contributed by atoms with E-state index in [-0.39, 0.29) is 18.7 Å². The van der Waals surface area contributed by atoms with Gasteiger partial charge in [0.15, 0.2) is 6.33 Å². The SMILES string of the molecule is O=C(O)CCCC(=O)NCCc1ncno1. The summed E-state index contributed by atoms with van der Waals surface area (Å²) in [4.78, 5) is 25.2. The second-order valence-electron chi connectivity index (χ2n) is 3.18. The molecule has 0 aromatic carbocycles. The predicted octanol–water partition coefficient (Wildman–Crippen LogP) is -0.0168. The van der Waals surface area contributed by atoms with Crippen LogP contribution in [-0.4, -0.2) is 33.7 Å². The van der Waals surface area contributed by atoms with Crippen LogP contribution in [0.4, 0.5) is 0 Å². The third kappa shape index (κ3) is 5.08. The summed E-state index contributed by atoms with van der Waals surface area (Å²) < 4.78 is 4.74. The van der Waals surface area contributed by atoms with Gasteiger partial charge in [-0.3, -0.25) is 9.59 Å². The lowest BCUT2D eigenvalue weighted by Crippen LogP contribution is -2.25. The summed E-state index contributed by atoms with van der Waals surface area (Å²) in [6.45, 7) is 0.411. The highest BCUT2D eigenvalue weighted by molar-refractivity contribution is 5.76. The van der Waals surface area contributed by atoms with Crippen molar-refractivity contribution in [1.82, 2.24) is 15.5 Å². The molecule has 1 rings (SSSR count). The number of carbonyl (C=O) groups excluding carboxylic acids is 1. The molecule has 7 nitrogen and oxygen atoms in total. The lowest BCUT2D eigenvalue weighted by Gasteiger charge is -2.01. The molecular formula is C9H13N3O4. The fourth-order valence-corrected chi connectivity index (χ4v) is 1.10. The van der Waals surface area contributed by atoms with Gasteiger partial charge in [0.05, 0.1) is 0 Å². The van der Waals surface area contributed by atoms with Crippen LogP contribution in [0.1, 0.15) is 25.2 Å². The van der Waals surface area contributed by atoms with E-state index in [0.29, 0.717) is 25.3 Å². The van der Waals surface area contributed by atoms with Gasteiger partial charge in [-0.15, -0.1) is 0 Å². The topological polar surface area (TPSA) is 105 Å². The molecular weight excluding hydrogens is 214 g/mol. The van der Waals surface area contributed by atoms with Crippen molar-refractivity contribution in [1.29, 1.82) is 0 Å². The summed E-state index contributed by atoms with van der Waals surface area (Å²) in [5.41, 5.74) is 0. The van der Waals surface area contributed by atoms with E-state index >= 15 is 0 Å². The standard InChI is InChI=1S/C9H13N3O4/c13-7(2-1-3-9(14)15)10-5-4-8-11-6-12-16-8/h6H,1-5H2,(H,10,13)(H,14,15). The van der Waals surface area contributed by atoms with Gasteiger partial charge in [0.25, 0.3) is 0 Å². The zero-order valence-electron chi connectivity index (χ0n) is 8.68. The van der Waals surface area contributed by atoms with Gasteiger partial charge in [0.2, 0.25) is 11.8 Å². The van der Waals surface area contributed by atoms with Crippen LogP contribution in [0.25, 0.3) is 0 Å². The quantitative estimate of drug-likeness (QED) is 0.678. The first-order chi connectivity index (χ1) is 7.68.